The Bertz CT molecular complexity index is 793. The highest BCUT2D eigenvalue weighted by atomic mass is 16.2. The van der Waals surface area contributed by atoms with E-state index in [1.807, 2.05) is 18.2 Å². The topological polar surface area (TPSA) is 54.3 Å². The van der Waals surface area contributed by atoms with Gasteiger partial charge in [0.15, 0.2) is 5.82 Å². The van der Waals surface area contributed by atoms with Crippen LogP contribution in [0.2, 0.25) is 0 Å². The van der Waals surface area contributed by atoms with Gasteiger partial charge in [0.1, 0.15) is 11.9 Å². The predicted molar refractivity (Wildman–Crippen MR) is 110 cm³/mol. The summed E-state index contributed by atoms with van der Waals surface area (Å²) in [6, 6.07) is 9.95. The monoisotopic (exact) mass is 381 g/mol. The van der Waals surface area contributed by atoms with E-state index in [2.05, 4.69) is 50.5 Å². The molecule has 1 saturated heterocycles. The van der Waals surface area contributed by atoms with Crippen molar-refractivity contribution in [3.8, 4) is 11.4 Å². The molecule has 0 radical (unpaired) electrons. The largest absolute Gasteiger partial charge is 0.338 e. The van der Waals surface area contributed by atoms with Gasteiger partial charge in [0.05, 0.1) is 0 Å². The standard InChI is InChI=1S/C22H31N5O/c1-17(2)16-25-12-14-26(15-13-25)22(28)19-10-6-7-11-20-23-24-21(27(19)20)18-8-4-3-5-9-18/h3-5,8-9,17,19H,6-7,10-16H2,1-2H3. The molecule has 2 aromatic rings. The number of benzene rings is 1. The Morgan fingerprint density at radius 3 is 2.54 bits per heavy atom. The molecule has 0 bridgehead atoms. The Hall–Kier alpha value is -2.21. The van der Waals surface area contributed by atoms with E-state index in [9.17, 15) is 4.79 Å². The quantitative estimate of drug-likeness (QED) is 0.817. The predicted octanol–water partition coefficient (Wildman–Crippen LogP) is 3.01. The van der Waals surface area contributed by atoms with E-state index >= 15 is 0 Å². The van der Waals surface area contributed by atoms with Gasteiger partial charge < -0.3 is 4.90 Å². The average Bonchev–Trinajstić information content (AvgIpc) is 3.01. The van der Waals surface area contributed by atoms with Crippen LogP contribution in [-0.2, 0) is 11.2 Å². The summed E-state index contributed by atoms with van der Waals surface area (Å²) >= 11 is 0. The van der Waals surface area contributed by atoms with Crippen molar-refractivity contribution in [3.05, 3.63) is 36.2 Å². The lowest BCUT2D eigenvalue weighted by molar-refractivity contribution is -0.136. The number of aromatic nitrogens is 3. The number of hydrogen-bond donors (Lipinski definition) is 0. The summed E-state index contributed by atoms with van der Waals surface area (Å²) in [4.78, 5) is 18.0. The first kappa shape index (κ1) is 19.1. The molecule has 4 rings (SSSR count). The number of amides is 1. The molecule has 28 heavy (non-hydrogen) atoms. The van der Waals surface area contributed by atoms with Crippen LogP contribution >= 0.6 is 0 Å². The molecular weight excluding hydrogens is 350 g/mol. The first-order chi connectivity index (χ1) is 13.6. The summed E-state index contributed by atoms with van der Waals surface area (Å²) in [5.74, 6) is 2.68. The van der Waals surface area contributed by atoms with E-state index in [1.165, 1.54) is 0 Å². The van der Waals surface area contributed by atoms with Crippen LogP contribution < -0.4 is 0 Å². The molecule has 1 unspecified atom stereocenters. The van der Waals surface area contributed by atoms with Gasteiger partial charge in [0.2, 0.25) is 5.91 Å². The second-order valence-corrected chi connectivity index (χ2v) is 8.46. The maximum absolute atomic E-state index is 13.5. The number of nitrogens with zero attached hydrogens (tertiary/aromatic N) is 5. The third kappa shape index (κ3) is 3.97. The van der Waals surface area contributed by atoms with Crippen molar-refractivity contribution in [2.45, 2.75) is 45.6 Å². The first-order valence-corrected chi connectivity index (χ1v) is 10.6. The van der Waals surface area contributed by atoms with Crippen LogP contribution in [0.15, 0.2) is 30.3 Å². The number of aryl methyl sites for hydroxylation is 1. The highest BCUT2D eigenvalue weighted by Crippen LogP contribution is 2.31. The Morgan fingerprint density at radius 2 is 1.82 bits per heavy atom. The number of piperazine rings is 1. The van der Waals surface area contributed by atoms with Crippen LogP contribution in [0.1, 0.15) is 45.0 Å². The van der Waals surface area contributed by atoms with Crippen molar-refractivity contribution in [2.24, 2.45) is 5.92 Å². The van der Waals surface area contributed by atoms with E-state index in [-0.39, 0.29) is 11.9 Å². The highest BCUT2D eigenvalue weighted by molar-refractivity contribution is 5.81. The van der Waals surface area contributed by atoms with Gasteiger partial charge in [0, 0.05) is 44.7 Å². The minimum atomic E-state index is -0.181. The van der Waals surface area contributed by atoms with E-state index in [1.54, 1.807) is 0 Å². The van der Waals surface area contributed by atoms with Crippen LogP contribution in [0, 0.1) is 5.92 Å². The smallest absolute Gasteiger partial charge is 0.245 e. The SMILES string of the molecule is CC(C)CN1CCN(C(=O)C2CCCCc3nnc(-c4ccccc4)n32)CC1. The molecule has 0 aliphatic carbocycles. The molecule has 1 atom stereocenters. The van der Waals surface area contributed by atoms with Gasteiger partial charge in [-0.25, -0.2) is 0 Å². The van der Waals surface area contributed by atoms with Crippen LogP contribution in [0.4, 0.5) is 0 Å². The summed E-state index contributed by atoms with van der Waals surface area (Å²) in [5, 5.41) is 8.92. The summed E-state index contributed by atoms with van der Waals surface area (Å²) in [6.45, 7) is 9.19. The fourth-order valence-electron chi connectivity index (χ4n) is 4.47. The third-order valence-electron chi connectivity index (χ3n) is 5.83. The first-order valence-electron chi connectivity index (χ1n) is 10.6. The zero-order valence-corrected chi connectivity index (χ0v) is 17.0. The van der Waals surface area contributed by atoms with Crippen LogP contribution in [0.5, 0.6) is 0 Å². The second-order valence-electron chi connectivity index (χ2n) is 8.46. The van der Waals surface area contributed by atoms with E-state index in [0.717, 1.165) is 75.6 Å². The van der Waals surface area contributed by atoms with Crippen molar-refractivity contribution < 1.29 is 4.79 Å². The molecule has 2 aliphatic rings. The van der Waals surface area contributed by atoms with Gasteiger partial charge in [0.25, 0.3) is 0 Å². The Balaban J connectivity index is 1.56. The van der Waals surface area contributed by atoms with Crippen molar-refractivity contribution in [1.82, 2.24) is 24.6 Å². The Kier molecular flexibility index (Phi) is 5.76. The summed E-state index contributed by atoms with van der Waals surface area (Å²) < 4.78 is 2.13. The molecular formula is C22H31N5O. The molecule has 6 nitrogen and oxygen atoms in total. The van der Waals surface area contributed by atoms with Gasteiger partial charge in [-0.1, -0.05) is 50.6 Å². The number of hydrogen-bond acceptors (Lipinski definition) is 4. The molecule has 2 aliphatic heterocycles. The molecule has 0 spiro atoms. The van der Waals surface area contributed by atoms with Crippen LogP contribution in [-0.4, -0.2) is 63.2 Å². The average molecular weight is 382 g/mol. The van der Waals surface area contributed by atoms with E-state index in [4.69, 9.17) is 0 Å². The lowest BCUT2D eigenvalue weighted by atomic mass is 10.1. The van der Waals surface area contributed by atoms with Gasteiger partial charge in [-0.05, 0) is 18.8 Å². The third-order valence-corrected chi connectivity index (χ3v) is 5.83. The summed E-state index contributed by atoms with van der Waals surface area (Å²) in [6.07, 6.45) is 3.89. The van der Waals surface area contributed by atoms with E-state index in [0.29, 0.717) is 5.92 Å². The van der Waals surface area contributed by atoms with Crippen molar-refractivity contribution in [1.29, 1.82) is 0 Å². The lowest BCUT2D eigenvalue weighted by Gasteiger charge is -2.37. The molecule has 1 aromatic carbocycles. The fraction of sp³-hybridized carbons (Fsp3) is 0.591. The zero-order valence-electron chi connectivity index (χ0n) is 17.0. The fourth-order valence-corrected chi connectivity index (χ4v) is 4.47. The molecule has 150 valence electrons. The number of carbonyl (C=O) groups is 1. The maximum Gasteiger partial charge on any atom is 0.245 e. The van der Waals surface area contributed by atoms with E-state index < -0.39 is 0 Å². The minimum Gasteiger partial charge on any atom is -0.338 e. The van der Waals surface area contributed by atoms with Crippen LogP contribution in [0.25, 0.3) is 11.4 Å². The summed E-state index contributed by atoms with van der Waals surface area (Å²) in [5.41, 5.74) is 1.03. The normalized spacial score (nSPS) is 20.8. The van der Waals surface area contributed by atoms with Crippen molar-refractivity contribution >= 4 is 5.91 Å². The Labute approximate surface area is 167 Å². The second kappa shape index (κ2) is 8.43. The number of carbonyl (C=O) groups excluding carboxylic acids is 1. The highest BCUT2D eigenvalue weighted by Gasteiger charge is 2.33. The van der Waals surface area contributed by atoms with Crippen LogP contribution in [0.3, 0.4) is 0 Å². The zero-order chi connectivity index (χ0) is 19.5. The Morgan fingerprint density at radius 1 is 1.07 bits per heavy atom. The summed E-state index contributed by atoms with van der Waals surface area (Å²) in [7, 11) is 0. The molecule has 0 N–H and O–H groups in total. The van der Waals surface area contributed by atoms with Gasteiger partial charge in [-0.15, -0.1) is 10.2 Å². The van der Waals surface area contributed by atoms with Gasteiger partial charge in [-0.3, -0.25) is 14.3 Å². The molecule has 3 heterocycles. The molecule has 1 amide bonds. The maximum atomic E-state index is 13.5. The minimum absolute atomic E-state index is 0.181. The van der Waals surface area contributed by atoms with Gasteiger partial charge in [-0.2, -0.15) is 0 Å². The molecule has 6 heteroatoms. The van der Waals surface area contributed by atoms with Gasteiger partial charge >= 0.3 is 0 Å². The number of rotatable bonds is 4. The molecule has 0 saturated carbocycles. The van der Waals surface area contributed by atoms with Crippen molar-refractivity contribution in [2.75, 3.05) is 32.7 Å². The lowest BCUT2D eigenvalue weighted by Crippen LogP contribution is -2.51. The molecule has 1 aromatic heterocycles. The number of fused-ring (bicyclic) bond motifs is 1. The van der Waals surface area contributed by atoms with Crippen molar-refractivity contribution in [3.63, 3.8) is 0 Å². The molecule has 1 fully saturated rings.